The standard InChI is InChI=1S/C32H31N5O6S/c1-2-42-32(39)23-13-15-36(16-14-23)44(40,41)29-12-6-8-24(19-29)30-26(22-37(35-30)27-9-4-3-5-10-27)18-25(20-33)31(38)34-21-28-11-7-17-43-28/h3-12,17-19,22-23H,2,13-16,21H2,1H3,(H,34,38)/b25-18-. The number of carbonyl (C=O) groups excluding carboxylic acids is 2. The molecule has 12 heteroatoms. The fourth-order valence-electron chi connectivity index (χ4n) is 4.96. The molecule has 0 radical (unpaired) electrons. The van der Waals surface area contributed by atoms with Crippen LogP contribution >= 0.6 is 0 Å². The molecule has 0 bridgehead atoms. The van der Waals surface area contributed by atoms with E-state index in [9.17, 15) is 23.3 Å². The van der Waals surface area contributed by atoms with E-state index in [2.05, 4.69) is 5.32 Å². The van der Waals surface area contributed by atoms with Gasteiger partial charge >= 0.3 is 5.97 Å². The highest BCUT2D eigenvalue weighted by atomic mass is 32.2. The van der Waals surface area contributed by atoms with E-state index in [-0.39, 0.29) is 48.6 Å². The topological polar surface area (TPSA) is 148 Å². The van der Waals surface area contributed by atoms with Gasteiger partial charge in [-0.3, -0.25) is 9.59 Å². The van der Waals surface area contributed by atoms with Crippen molar-refractivity contribution in [2.45, 2.75) is 31.2 Å². The molecule has 0 saturated carbocycles. The molecule has 0 unspecified atom stereocenters. The number of furan rings is 1. The largest absolute Gasteiger partial charge is 0.467 e. The van der Waals surface area contributed by atoms with Crippen molar-refractivity contribution in [1.82, 2.24) is 19.4 Å². The summed E-state index contributed by atoms with van der Waals surface area (Å²) in [5.74, 6) is -0.677. The van der Waals surface area contributed by atoms with Gasteiger partial charge in [0.05, 0.1) is 35.9 Å². The maximum absolute atomic E-state index is 13.6. The van der Waals surface area contributed by atoms with Gasteiger partial charge in [-0.25, -0.2) is 13.1 Å². The highest BCUT2D eigenvalue weighted by molar-refractivity contribution is 7.89. The molecule has 1 amide bonds. The molecular weight excluding hydrogens is 582 g/mol. The van der Waals surface area contributed by atoms with Crippen molar-refractivity contribution in [2.24, 2.45) is 5.92 Å². The number of nitrogens with zero attached hydrogens (tertiary/aromatic N) is 4. The molecule has 2 aromatic heterocycles. The summed E-state index contributed by atoms with van der Waals surface area (Å²) in [7, 11) is -3.88. The molecular formula is C32H31N5O6S. The molecule has 11 nitrogen and oxygen atoms in total. The van der Waals surface area contributed by atoms with Gasteiger partial charge in [-0.2, -0.15) is 14.7 Å². The maximum atomic E-state index is 13.6. The predicted molar refractivity (Wildman–Crippen MR) is 161 cm³/mol. The lowest BCUT2D eigenvalue weighted by molar-refractivity contribution is -0.149. The SMILES string of the molecule is CCOC(=O)C1CCN(S(=O)(=O)c2cccc(-c3nn(-c4ccccc4)cc3/C=C(/C#N)C(=O)NCc3ccco3)c2)CC1. The minimum absolute atomic E-state index is 0.0745. The first kappa shape index (κ1) is 30.5. The van der Waals surface area contributed by atoms with Crippen LogP contribution < -0.4 is 5.32 Å². The third-order valence-electron chi connectivity index (χ3n) is 7.25. The van der Waals surface area contributed by atoms with Gasteiger partial charge in [-0.1, -0.05) is 30.3 Å². The molecule has 1 N–H and O–H groups in total. The van der Waals surface area contributed by atoms with E-state index in [1.165, 1.54) is 28.8 Å². The number of sulfonamides is 1. The number of hydrogen-bond donors (Lipinski definition) is 1. The Kier molecular flexibility index (Phi) is 9.38. The van der Waals surface area contributed by atoms with Crippen LogP contribution in [0.5, 0.6) is 0 Å². The summed E-state index contributed by atoms with van der Waals surface area (Å²) in [6.07, 6.45) is 5.37. The number of amides is 1. The molecule has 4 aromatic rings. The quantitative estimate of drug-likeness (QED) is 0.158. The Morgan fingerprint density at radius 1 is 1.11 bits per heavy atom. The minimum atomic E-state index is -3.88. The van der Waals surface area contributed by atoms with Crippen LogP contribution in [0, 0.1) is 17.2 Å². The zero-order valence-corrected chi connectivity index (χ0v) is 24.9. The first-order valence-electron chi connectivity index (χ1n) is 14.1. The number of rotatable bonds is 10. The molecule has 2 aromatic carbocycles. The van der Waals surface area contributed by atoms with Crippen LogP contribution in [0.15, 0.2) is 94.1 Å². The van der Waals surface area contributed by atoms with Gasteiger partial charge < -0.3 is 14.5 Å². The Hall–Kier alpha value is -4.99. The van der Waals surface area contributed by atoms with Crippen molar-refractivity contribution in [3.63, 3.8) is 0 Å². The van der Waals surface area contributed by atoms with E-state index in [1.807, 2.05) is 36.4 Å². The Labute approximate surface area is 255 Å². The molecule has 226 valence electrons. The zero-order valence-electron chi connectivity index (χ0n) is 24.0. The number of nitriles is 1. The summed E-state index contributed by atoms with van der Waals surface area (Å²) in [4.78, 5) is 25.1. The van der Waals surface area contributed by atoms with E-state index in [4.69, 9.17) is 14.3 Å². The molecule has 1 aliphatic heterocycles. The Morgan fingerprint density at radius 3 is 2.57 bits per heavy atom. The number of hydrogen-bond acceptors (Lipinski definition) is 8. The Bertz CT molecular complexity index is 1800. The van der Waals surface area contributed by atoms with Crippen LogP contribution in [0.2, 0.25) is 0 Å². The van der Waals surface area contributed by atoms with Crippen LogP contribution in [0.4, 0.5) is 0 Å². The fourth-order valence-corrected chi connectivity index (χ4v) is 6.47. The lowest BCUT2D eigenvalue weighted by Crippen LogP contribution is -2.40. The van der Waals surface area contributed by atoms with E-state index in [0.717, 1.165) is 5.69 Å². The van der Waals surface area contributed by atoms with E-state index < -0.39 is 15.9 Å². The highest BCUT2D eigenvalue weighted by Crippen LogP contribution is 2.30. The highest BCUT2D eigenvalue weighted by Gasteiger charge is 2.33. The van der Waals surface area contributed by atoms with Crippen LogP contribution in [0.3, 0.4) is 0 Å². The van der Waals surface area contributed by atoms with Crippen molar-refractivity contribution in [3.05, 3.63) is 96.1 Å². The number of carbonyl (C=O) groups is 2. The average molecular weight is 614 g/mol. The van der Waals surface area contributed by atoms with Crippen LogP contribution in [0.1, 0.15) is 31.1 Å². The lowest BCUT2D eigenvalue weighted by atomic mass is 9.98. The van der Waals surface area contributed by atoms with Crippen LogP contribution in [-0.2, 0) is 30.9 Å². The molecule has 1 aliphatic rings. The molecule has 0 atom stereocenters. The van der Waals surface area contributed by atoms with Gasteiger partial charge in [0.15, 0.2) is 0 Å². The number of para-hydroxylation sites is 1. The Morgan fingerprint density at radius 2 is 1.89 bits per heavy atom. The molecule has 0 aliphatic carbocycles. The van der Waals surface area contributed by atoms with Gasteiger partial charge in [0.25, 0.3) is 5.91 Å². The summed E-state index contributed by atoms with van der Waals surface area (Å²) in [5, 5.41) is 17.2. The monoisotopic (exact) mass is 613 g/mol. The number of esters is 1. The van der Waals surface area contributed by atoms with Crippen molar-refractivity contribution < 1.29 is 27.2 Å². The molecule has 0 spiro atoms. The van der Waals surface area contributed by atoms with Gasteiger partial charge in [-0.15, -0.1) is 0 Å². The summed E-state index contributed by atoms with van der Waals surface area (Å²) in [6.45, 7) is 2.54. The van der Waals surface area contributed by atoms with Crippen LogP contribution in [-0.4, -0.2) is 54.1 Å². The van der Waals surface area contributed by atoms with E-state index >= 15 is 0 Å². The summed E-state index contributed by atoms with van der Waals surface area (Å²) in [5.41, 5.74) is 1.91. The lowest BCUT2D eigenvalue weighted by Gasteiger charge is -2.30. The second-order valence-corrected chi connectivity index (χ2v) is 12.0. The third-order valence-corrected chi connectivity index (χ3v) is 9.15. The predicted octanol–water partition coefficient (Wildman–Crippen LogP) is 4.32. The van der Waals surface area contributed by atoms with Gasteiger partial charge in [0, 0.05) is 30.4 Å². The number of ether oxygens (including phenoxy) is 1. The van der Waals surface area contributed by atoms with Crippen molar-refractivity contribution in [2.75, 3.05) is 19.7 Å². The molecule has 5 rings (SSSR count). The van der Waals surface area contributed by atoms with Crippen molar-refractivity contribution in [1.29, 1.82) is 5.26 Å². The first-order valence-corrected chi connectivity index (χ1v) is 15.6. The first-order chi connectivity index (χ1) is 21.3. The second kappa shape index (κ2) is 13.5. The smallest absolute Gasteiger partial charge is 0.309 e. The number of aromatic nitrogens is 2. The Balaban J connectivity index is 1.46. The summed E-state index contributed by atoms with van der Waals surface area (Å²) >= 11 is 0. The van der Waals surface area contributed by atoms with Crippen molar-refractivity contribution >= 4 is 28.0 Å². The minimum Gasteiger partial charge on any atom is -0.467 e. The normalized spacial score (nSPS) is 14.6. The molecule has 3 heterocycles. The number of piperidine rings is 1. The van der Waals surface area contributed by atoms with Gasteiger partial charge in [0.2, 0.25) is 10.0 Å². The van der Waals surface area contributed by atoms with E-state index in [1.54, 1.807) is 42.1 Å². The van der Waals surface area contributed by atoms with Crippen LogP contribution in [0.25, 0.3) is 23.0 Å². The fraction of sp³-hybridized carbons (Fsp3) is 0.250. The molecule has 44 heavy (non-hydrogen) atoms. The number of benzene rings is 2. The maximum Gasteiger partial charge on any atom is 0.309 e. The molecule has 1 fully saturated rings. The number of nitrogens with one attached hydrogen (secondary N) is 1. The summed E-state index contributed by atoms with van der Waals surface area (Å²) in [6, 6.07) is 21.1. The zero-order chi connectivity index (χ0) is 31.1. The van der Waals surface area contributed by atoms with Crippen molar-refractivity contribution in [3.8, 4) is 23.0 Å². The second-order valence-electron chi connectivity index (χ2n) is 10.1. The van der Waals surface area contributed by atoms with Gasteiger partial charge in [-0.05, 0) is 62.2 Å². The van der Waals surface area contributed by atoms with E-state index in [0.29, 0.717) is 35.4 Å². The third kappa shape index (κ3) is 6.80. The van der Waals surface area contributed by atoms with Gasteiger partial charge in [0.1, 0.15) is 23.1 Å². The molecule has 1 saturated heterocycles. The average Bonchev–Trinajstić information content (AvgIpc) is 3.74. The summed E-state index contributed by atoms with van der Waals surface area (Å²) < 4.78 is 40.6.